The predicted molar refractivity (Wildman–Crippen MR) is 79.7 cm³/mol. The minimum Gasteiger partial charge on any atom is -0.342 e. The van der Waals surface area contributed by atoms with E-state index in [4.69, 9.17) is 0 Å². The van der Waals surface area contributed by atoms with Gasteiger partial charge in [0.1, 0.15) is 0 Å². The van der Waals surface area contributed by atoms with Crippen LogP contribution < -0.4 is 5.32 Å². The second-order valence-corrected chi connectivity index (χ2v) is 7.74. The molecule has 2 aliphatic heterocycles. The Morgan fingerprint density at radius 3 is 2.71 bits per heavy atom. The van der Waals surface area contributed by atoms with Crippen molar-refractivity contribution in [1.82, 2.24) is 10.2 Å². The fourth-order valence-corrected chi connectivity index (χ4v) is 4.71. The lowest BCUT2D eigenvalue weighted by Crippen LogP contribution is -2.39. The molecule has 1 aromatic rings. The largest absolute Gasteiger partial charge is 0.342 e. The summed E-state index contributed by atoms with van der Waals surface area (Å²) in [5, 5.41) is 3.24. The molecular weight excluding hydrogens is 288 g/mol. The summed E-state index contributed by atoms with van der Waals surface area (Å²) in [6.07, 6.45) is 2.68. The van der Waals surface area contributed by atoms with Gasteiger partial charge in [-0.05, 0) is 30.9 Å². The standard InChI is InChI=1S/C15H20N2O3S/c18-15(17-8-3-4-9-17)11-16-13-7-10-21(19,20)14-6-2-1-5-12(13)14/h1-2,5-6,13,16H,3-4,7-11H2. The van der Waals surface area contributed by atoms with Crippen LogP contribution in [0.5, 0.6) is 0 Å². The molecule has 2 heterocycles. The Kier molecular flexibility index (Phi) is 3.99. The second-order valence-electron chi connectivity index (χ2n) is 5.67. The summed E-state index contributed by atoms with van der Waals surface area (Å²) in [5.74, 6) is 0.248. The quantitative estimate of drug-likeness (QED) is 0.908. The van der Waals surface area contributed by atoms with E-state index in [2.05, 4.69) is 5.32 Å². The van der Waals surface area contributed by atoms with Crippen molar-refractivity contribution in [3.8, 4) is 0 Å². The van der Waals surface area contributed by atoms with Crippen LogP contribution in [0.1, 0.15) is 30.9 Å². The average molecular weight is 308 g/mol. The highest BCUT2D eigenvalue weighted by molar-refractivity contribution is 7.91. The number of rotatable bonds is 3. The summed E-state index contributed by atoms with van der Waals surface area (Å²) in [6.45, 7) is 1.96. The predicted octanol–water partition coefficient (Wildman–Crippen LogP) is 1.12. The molecule has 1 unspecified atom stereocenters. The average Bonchev–Trinajstić information content (AvgIpc) is 3.01. The lowest BCUT2D eigenvalue weighted by molar-refractivity contribution is -0.129. The molecule has 0 spiro atoms. The van der Waals surface area contributed by atoms with Gasteiger partial charge in [-0.15, -0.1) is 0 Å². The van der Waals surface area contributed by atoms with Crippen LogP contribution in [0.2, 0.25) is 0 Å². The van der Waals surface area contributed by atoms with E-state index < -0.39 is 9.84 Å². The van der Waals surface area contributed by atoms with Crippen molar-refractivity contribution in [3.05, 3.63) is 29.8 Å². The zero-order valence-corrected chi connectivity index (χ0v) is 12.7. The van der Waals surface area contributed by atoms with Crippen molar-refractivity contribution in [2.24, 2.45) is 0 Å². The topological polar surface area (TPSA) is 66.5 Å². The van der Waals surface area contributed by atoms with E-state index in [1.807, 2.05) is 17.0 Å². The first-order valence-corrected chi connectivity index (χ1v) is 9.06. The molecule has 0 radical (unpaired) electrons. The maximum absolute atomic E-state index is 12.1. The number of carbonyl (C=O) groups is 1. The Morgan fingerprint density at radius 1 is 1.24 bits per heavy atom. The van der Waals surface area contributed by atoms with Gasteiger partial charge in [-0.3, -0.25) is 4.79 Å². The van der Waals surface area contributed by atoms with Crippen LogP contribution in [0.4, 0.5) is 0 Å². The number of amides is 1. The van der Waals surface area contributed by atoms with E-state index in [9.17, 15) is 13.2 Å². The second kappa shape index (κ2) is 5.77. The molecule has 5 nitrogen and oxygen atoms in total. The molecule has 0 bridgehead atoms. The number of benzene rings is 1. The Bertz CT molecular complexity index is 636. The number of nitrogens with one attached hydrogen (secondary N) is 1. The number of sulfone groups is 1. The van der Waals surface area contributed by atoms with E-state index in [1.54, 1.807) is 12.1 Å². The fourth-order valence-electron chi connectivity index (χ4n) is 3.09. The SMILES string of the molecule is O=C(CNC1CCS(=O)(=O)c2ccccc21)N1CCCC1. The minimum atomic E-state index is -3.16. The van der Waals surface area contributed by atoms with Gasteiger partial charge >= 0.3 is 0 Å². The summed E-state index contributed by atoms with van der Waals surface area (Å²) in [6, 6.07) is 7.02. The highest BCUT2D eigenvalue weighted by Gasteiger charge is 2.30. The van der Waals surface area contributed by atoms with Crippen molar-refractivity contribution in [3.63, 3.8) is 0 Å². The summed E-state index contributed by atoms with van der Waals surface area (Å²) >= 11 is 0. The third kappa shape index (κ3) is 2.96. The third-order valence-electron chi connectivity index (χ3n) is 4.26. The van der Waals surface area contributed by atoms with Crippen LogP contribution in [-0.2, 0) is 14.6 Å². The van der Waals surface area contributed by atoms with E-state index in [-0.39, 0.29) is 24.2 Å². The molecule has 0 aliphatic carbocycles. The molecule has 1 aromatic carbocycles. The molecular formula is C15H20N2O3S. The molecule has 1 saturated heterocycles. The molecule has 114 valence electrons. The van der Waals surface area contributed by atoms with Gasteiger partial charge in [-0.1, -0.05) is 18.2 Å². The maximum atomic E-state index is 12.1. The number of likely N-dealkylation sites (tertiary alicyclic amines) is 1. The minimum absolute atomic E-state index is 0.0590. The zero-order chi connectivity index (χ0) is 14.9. The lowest BCUT2D eigenvalue weighted by atomic mass is 10.0. The number of hydrogen-bond acceptors (Lipinski definition) is 4. The van der Waals surface area contributed by atoms with Gasteiger partial charge in [0.15, 0.2) is 9.84 Å². The molecule has 3 rings (SSSR count). The van der Waals surface area contributed by atoms with E-state index in [0.717, 1.165) is 31.5 Å². The van der Waals surface area contributed by atoms with Crippen LogP contribution >= 0.6 is 0 Å². The molecule has 0 saturated carbocycles. The molecule has 6 heteroatoms. The van der Waals surface area contributed by atoms with Crippen LogP contribution in [0.15, 0.2) is 29.2 Å². The van der Waals surface area contributed by atoms with Crippen LogP contribution in [0.25, 0.3) is 0 Å². The normalized spacial score (nSPS) is 23.8. The van der Waals surface area contributed by atoms with Crippen molar-refractivity contribution in [2.75, 3.05) is 25.4 Å². The Labute approximate surface area is 125 Å². The first kappa shape index (κ1) is 14.5. The summed E-state index contributed by atoms with van der Waals surface area (Å²) < 4.78 is 24.1. The number of hydrogen-bond donors (Lipinski definition) is 1. The zero-order valence-electron chi connectivity index (χ0n) is 11.9. The van der Waals surface area contributed by atoms with Crippen molar-refractivity contribution in [1.29, 1.82) is 0 Å². The lowest BCUT2D eigenvalue weighted by Gasteiger charge is -2.27. The Hall–Kier alpha value is -1.40. The Morgan fingerprint density at radius 2 is 1.95 bits per heavy atom. The Balaban J connectivity index is 1.71. The smallest absolute Gasteiger partial charge is 0.236 e. The van der Waals surface area contributed by atoms with Crippen molar-refractivity contribution >= 4 is 15.7 Å². The third-order valence-corrected chi connectivity index (χ3v) is 6.08. The molecule has 1 N–H and O–H groups in total. The fraction of sp³-hybridized carbons (Fsp3) is 0.533. The van der Waals surface area contributed by atoms with Gasteiger partial charge in [0, 0.05) is 19.1 Å². The van der Waals surface area contributed by atoms with Gasteiger partial charge in [0.25, 0.3) is 0 Å². The van der Waals surface area contributed by atoms with Gasteiger partial charge in [0.2, 0.25) is 5.91 Å². The molecule has 1 atom stereocenters. The van der Waals surface area contributed by atoms with Gasteiger partial charge in [-0.2, -0.15) is 0 Å². The molecule has 1 fully saturated rings. The summed E-state index contributed by atoms with van der Waals surface area (Å²) in [5.41, 5.74) is 0.790. The van der Waals surface area contributed by atoms with Crippen LogP contribution in [0, 0.1) is 0 Å². The molecule has 1 amide bonds. The first-order valence-electron chi connectivity index (χ1n) is 7.41. The van der Waals surface area contributed by atoms with Gasteiger partial charge in [-0.25, -0.2) is 8.42 Å². The molecule has 0 aromatic heterocycles. The number of nitrogens with zero attached hydrogens (tertiary/aromatic N) is 1. The maximum Gasteiger partial charge on any atom is 0.236 e. The van der Waals surface area contributed by atoms with Crippen molar-refractivity contribution in [2.45, 2.75) is 30.2 Å². The first-order chi connectivity index (χ1) is 10.1. The monoisotopic (exact) mass is 308 g/mol. The number of fused-ring (bicyclic) bond motifs is 1. The highest BCUT2D eigenvalue weighted by Crippen LogP contribution is 2.31. The highest BCUT2D eigenvalue weighted by atomic mass is 32.2. The van der Waals surface area contributed by atoms with E-state index in [1.165, 1.54) is 0 Å². The van der Waals surface area contributed by atoms with Crippen LogP contribution in [0.3, 0.4) is 0 Å². The number of carbonyl (C=O) groups excluding carboxylic acids is 1. The van der Waals surface area contributed by atoms with E-state index in [0.29, 0.717) is 11.3 Å². The van der Waals surface area contributed by atoms with Crippen LogP contribution in [-0.4, -0.2) is 44.6 Å². The van der Waals surface area contributed by atoms with Gasteiger partial charge < -0.3 is 10.2 Å². The summed E-state index contributed by atoms with van der Waals surface area (Å²) in [4.78, 5) is 14.4. The van der Waals surface area contributed by atoms with E-state index >= 15 is 0 Å². The van der Waals surface area contributed by atoms with Crippen molar-refractivity contribution < 1.29 is 13.2 Å². The summed E-state index contributed by atoms with van der Waals surface area (Å²) in [7, 11) is -3.16. The van der Waals surface area contributed by atoms with Gasteiger partial charge in [0.05, 0.1) is 17.2 Å². The molecule has 21 heavy (non-hydrogen) atoms. The molecule has 2 aliphatic rings.